The molecule has 1 amide bonds. The van der Waals surface area contributed by atoms with Crippen molar-refractivity contribution in [1.82, 2.24) is 14.7 Å². The number of amides is 1. The standard InChI is InChI=1S/C25H27N3O4/c1-18(23(29)27-15-9-2-3-10-16-27)32-25(31)22-20-13-7-8-14-21(20)24(30)28(26-22)17-19-11-5-4-6-12-19/h4-8,11-14,18H,2-3,9-10,15-17H2,1H3/t18-/m1/s1. The van der Waals surface area contributed by atoms with Gasteiger partial charge < -0.3 is 9.64 Å². The summed E-state index contributed by atoms with van der Waals surface area (Å²) in [5.74, 6) is -0.902. The Morgan fingerprint density at radius 2 is 1.56 bits per heavy atom. The first-order valence-corrected chi connectivity index (χ1v) is 11.1. The van der Waals surface area contributed by atoms with Crippen molar-refractivity contribution in [2.24, 2.45) is 0 Å². The van der Waals surface area contributed by atoms with Crippen molar-refractivity contribution in [3.63, 3.8) is 0 Å². The van der Waals surface area contributed by atoms with Crippen molar-refractivity contribution in [2.75, 3.05) is 13.1 Å². The second-order valence-electron chi connectivity index (χ2n) is 8.13. The summed E-state index contributed by atoms with van der Waals surface area (Å²) in [4.78, 5) is 40.6. The van der Waals surface area contributed by atoms with Crippen LogP contribution in [0.15, 0.2) is 59.4 Å². The van der Waals surface area contributed by atoms with Gasteiger partial charge in [-0.25, -0.2) is 9.48 Å². The number of fused-ring (bicyclic) bond motifs is 1. The fourth-order valence-corrected chi connectivity index (χ4v) is 4.06. The first-order valence-electron chi connectivity index (χ1n) is 11.1. The largest absolute Gasteiger partial charge is 0.448 e. The predicted molar refractivity (Wildman–Crippen MR) is 121 cm³/mol. The first-order chi connectivity index (χ1) is 15.5. The number of ether oxygens (including phenoxy) is 1. The summed E-state index contributed by atoms with van der Waals surface area (Å²) >= 11 is 0. The molecule has 1 aromatic heterocycles. The van der Waals surface area contributed by atoms with Gasteiger partial charge in [0.2, 0.25) is 0 Å². The van der Waals surface area contributed by atoms with E-state index in [1.807, 2.05) is 30.3 Å². The normalized spacial score (nSPS) is 15.2. The van der Waals surface area contributed by atoms with Gasteiger partial charge in [0.25, 0.3) is 11.5 Å². The summed E-state index contributed by atoms with van der Waals surface area (Å²) in [6, 6.07) is 16.3. The Kier molecular flexibility index (Phi) is 6.63. The van der Waals surface area contributed by atoms with Crippen LogP contribution in [0.5, 0.6) is 0 Å². The van der Waals surface area contributed by atoms with Crippen LogP contribution in [0.1, 0.15) is 48.7 Å². The van der Waals surface area contributed by atoms with Gasteiger partial charge >= 0.3 is 5.97 Å². The van der Waals surface area contributed by atoms with Crippen LogP contribution in [-0.4, -0.2) is 45.8 Å². The second-order valence-corrected chi connectivity index (χ2v) is 8.13. The molecular weight excluding hydrogens is 406 g/mol. The number of carbonyl (C=O) groups excluding carboxylic acids is 2. The van der Waals surface area contributed by atoms with Crippen LogP contribution < -0.4 is 5.56 Å². The summed E-state index contributed by atoms with van der Waals surface area (Å²) in [5.41, 5.74) is 0.641. The van der Waals surface area contributed by atoms with Crippen molar-refractivity contribution >= 4 is 22.6 Å². The molecule has 0 radical (unpaired) electrons. The zero-order valence-electron chi connectivity index (χ0n) is 18.2. The average Bonchev–Trinajstić information content (AvgIpc) is 3.10. The molecule has 1 aliphatic rings. The molecule has 2 heterocycles. The highest BCUT2D eigenvalue weighted by Crippen LogP contribution is 2.17. The lowest BCUT2D eigenvalue weighted by Gasteiger charge is -2.24. The molecule has 0 saturated carbocycles. The maximum Gasteiger partial charge on any atom is 0.360 e. The van der Waals surface area contributed by atoms with E-state index in [0.717, 1.165) is 31.2 Å². The van der Waals surface area contributed by atoms with Gasteiger partial charge in [-0.15, -0.1) is 0 Å². The van der Waals surface area contributed by atoms with Gasteiger partial charge in [0.05, 0.1) is 11.9 Å². The highest BCUT2D eigenvalue weighted by Gasteiger charge is 2.27. The average molecular weight is 434 g/mol. The number of nitrogens with zero attached hydrogens (tertiary/aromatic N) is 3. The lowest BCUT2D eigenvalue weighted by Crippen LogP contribution is -2.40. The van der Waals surface area contributed by atoms with E-state index in [1.54, 1.807) is 36.1 Å². The third-order valence-electron chi connectivity index (χ3n) is 5.79. The summed E-state index contributed by atoms with van der Waals surface area (Å²) < 4.78 is 6.81. The van der Waals surface area contributed by atoms with E-state index >= 15 is 0 Å². The quantitative estimate of drug-likeness (QED) is 0.576. The van der Waals surface area contributed by atoms with Crippen LogP contribution in [0.3, 0.4) is 0 Å². The molecule has 0 unspecified atom stereocenters. The molecule has 1 atom stereocenters. The van der Waals surface area contributed by atoms with Crippen molar-refractivity contribution in [3.05, 3.63) is 76.2 Å². The molecule has 0 bridgehead atoms. The number of likely N-dealkylation sites (tertiary alicyclic amines) is 1. The topological polar surface area (TPSA) is 81.5 Å². The minimum Gasteiger partial charge on any atom is -0.448 e. The van der Waals surface area contributed by atoms with Crippen LogP contribution in [-0.2, 0) is 16.1 Å². The third kappa shape index (κ3) is 4.72. The molecule has 1 saturated heterocycles. The molecule has 1 fully saturated rings. The van der Waals surface area contributed by atoms with Gasteiger partial charge in [-0.1, -0.05) is 61.4 Å². The molecule has 32 heavy (non-hydrogen) atoms. The summed E-state index contributed by atoms with van der Waals surface area (Å²) in [5, 5.41) is 5.14. The van der Waals surface area contributed by atoms with Crippen molar-refractivity contribution in [2.45, 2.75) is 45.3 Å². The minimum atomic E-state index is -0.921. The van der Waals surface area contributed by atoms with Gasteiger partial charge in [-0.3, -0.25) is 9.59 Å². The van der Waals surface area contributed by atoms with E-state index in [4.69, 9.17) is 4.74 Å². The van der Waals surface area contributed by atoms with Gasteiger partial charge in [0.15, 0.2) is 11.8 Å². The summed E-state index contributed by atoms with van der Waals surface area (Å²) in [7, 11) is 0. The Labute approximate surface area is 186 Å². The van der Waals surface area contributed by atoms with E-state index < -0.39 is 12.1 Å². The molecule has 4 rings (SSSR count). The molecule has 1 aliphatic heterocycles. The number of esters is 1. The molecule has 0 aliphatic carbocycles. The molecule has 2 aromatic carbocycles. The zero-order chi connectivity index (χ0) is 22.5. The lowest BCUT2D eigenvalue weighted by atomic mass is 10.1. The van der Waals surface area contributed by atoms with Crippen LogP contribution in [0.4, 0.5) is 0 Å². The summed E-state index contributed by atoms with van der Waals surface area (Å²) in [6.45, 7) is 3.19. The summed E-state index contributed by atoms with van der Waals surface area (Å²) in [6.07, 6.45) is 3.22. The predicted octanol–water partition coefficient (Wildman–Crippen LogP) is 3.39. The Balaban J connectivity index is 1.62. The van der Waals surface area contributed by atoms with Crippen LogP contribution in [0, 0.1) is 0 Å². The fraction of sp³-hybridized carbons (Fsp3) is 0.360. The highest BCUT2D eigenvalue weighted by atomic mass is 16.5. The molecule has 166 valence electrons. The molecule has 7 nitrogen and oxygen atoms in total. The fourth-order valence-electron chi connectivity index (χ4n) is 4.06. The number of rotatable bonds is 5. The van der Waals surface area contributed by atoms with Crippen molar-refractivity contribution in [1.29, 1.82) is 0 Å². The highest BCUT2D eigenvalue weighted by molar-refractivity contribution is 6.02. The Hall–Kier alpha value is -3.48. The zero-order valence-corrected chi connectivity index (χ0v) is 18.2. The number of carbonyl (C=O) groups is 2. The Morgan fingerprint density at radius 1 is 0.938 bits per heavy atom. The van der Waals surface area contributed by atoms with Crippen molar-refractivity contribution < 1.29 is 14.3 Å². The number of aromatic nitrogens is 2. The molecular formula is C25H27N3O4. The van der Waals surface area contributed by atoms with E-state index in [1.165, 1.54) is 4.68 Å². The lowest BCUT2D eigenvalue weighted by molar-refractivity contribution is -0.139. The first kappa shape index (κ1) is 21.7. The van der Waals surface area contributed by atoms with Crippen LogP contribution in [0.25, 0.3) is 10.8 Å². The number of hydrogen-bond donors (Lipinski definition) is 0. The van der Waals surface area contributed by atoms with Crippen LogP contribution in [0.2, 0.25) is 0 Å². The Morgan fingerprint density at radius 3 is 2.25 bits per heavy atom. The number of benzene rings is 2. The van der Waals surface area contributed by atoms with E-state index in [0.29, 0.717) is 23.9 Å². The van der Waals surface area contributed by atoms with Crippen molar-refractivity contribution in [3.8, 4) is 0 Å². The van der Waals surface area contributed by atoms with E-state index in [2.05, 4.69) is 5.10 Å². The van der Waals surface area contributed by atoms with Gasteiger partial charge in [0, 0.05) is 18.5 Å². The van der Waals surface area contributed by atoms with E-state index in [9.17, 15) is 14.4 Å². The Bertz CT molecular complexity index is 1160. The van der Waals surface area contributed by atoms with Gasteiger partial charge in [-0.05, 0) is 31.4 Å². The molecule has 0 N–H and O–H groups in total. The van der Waals surface area contributed by atoms with Gasteiger partial charge in [0.1, 0.15) is 0 Å². The molecule has 0 spiro atoms. The maximum absolute atomic E-state index is 13.1. The second kappa shape index (κ2) is 9.77. The number of hydrogen-bond acceptors (Lipinski definition) is 5. The monoisotopic (exact) mass is 433 g/mol. The molecule has 3 aromatic rings. The minimum absolute atomic E-state index is 0.0339. The SMILES string of the molecule is C[C@@H](OC(=O)c1nn(Cc2ccccc2)c(=O)c2ccccc12)C(=O)N1CCCCCC1. The van der Waals surface area contributed by atoms with E-state index in [-0.39, 0.29) is 23.7 Å². The molecule has 7 heteroatoms. The van der Waals surface area contributed by atoms with Gasteiger partial charge in [-0.2, -0.15) is 5.10 Å². The maximum atomic E-state index is 13.1. The third-order valence-corrected chi connectivity index (χ3v) is 5.79. The smallest absolute Gasteiger partial charge is 0.360 e. The van der Waals surface area contributed by atoms with Crippen LogP contribution >= 0.6 is 0 Å².